The lowest BCUT2D eigenvalue weighted by molar-refractivity contribution is -0.384. The molecule has 0 aliphatic carbocycles. The van der Waals surface area contributed by atoms with E-state index in [0.29, 0.717) is 0 Å². The average Bonchev–Trinajstić information content (AvgIpc) is 2.53. The van der Waals surface area contributed by atoms with Crippen molar-refractivity contribution in [1.29, 1.82) is 5.26 Å². The minimum absolute atomic E-state index is 0.0118. The molecule has 11 heteroatoms. The van der Waals surface area contributed by atoms with E-state index in [9.17, 15) is 20.2 Å². The maximum Gasteiger partial charge on any atom is 0.288 e. The third-order valence-corrected chi connectivity index (χ3v) is 4.14. The predicted molar refractivity (Wildman–Crippen MR) is 89.7 cm³/mol. The third kappa shape index (κ3) is 2.75. The summed E-state index contributed by atoms with van der Waals surface area (Å²) in [4.78, 5) is 27.9. The number of ether oxygens (including phenoxy) is 1. The van der Waals surface area contributed by atoms with Crippen molar-refractivity contribution in [1.82, 2.24) is 9.97 Å². The van der Waals surface area contributed by atoms with Crippen molar-refractivity contribution in [3.63, 3.8) is 0 Å². The molecule has 0 unspecified atom stereocenters. The SMILES string of the molecule is N#CC1=C(N)Oc2[nH]c(=S)[nH]c(=O)c2[C@H]1c1ccc(Cl)c([N+](=O)[O-])c1. The molecule has 1 atom stereocenters. The standard InChI is InChI=1S/C14H8ClN5O4S/c15-7-2-1-5(3-8(7)20(22)23)9-6(4-16)11(17)24-13-10(9)12(21)18-14(25)19-13/h1-3,9H,17H2,(H2,18,19,21,25)/t9-/m0/s1. The number of H-pyrrole nitrogens is 2. The van der Waals surface area contributed by atoms with E-state index in [1.54, 1.807) is 0 Å². The van der Waals surface area contributed by atoms with E-state index >= 15 is 0 Å². The minimum atomic E-state index is -0.972. The Morgan fingerprint density at radius 2 is 2.16 bits per heavy atom. The number of aromatic nitrogens is 2. The van der Waals surface area contributed by atoms with Crippen LogP contribution in [-0.4, -0.2) is 14.9 Å². The molecule has 1 aromatic carbocycles. The minimum Gasteiger partial charge on any atom is -0.424 e. The third-order valence-electron chi connectivity index (χ3n) is 3.62. The first kappa shape index (κ1) is 16.7. The first-order valence-corrected chi connectivity index (χ1v) is 7.50. The maximum absolute atomic E-state index is 12.4. The van der Waals surface area contributed by atoms with E-state index in [0.717, 1.165) is 0 Å². The van der Waals surface area contributed by atoms with Gasteiger partial charge in [0, 0.05) is 6.07 Å². The highest BCUT2D eigenvalue weighted by molar-refractivity contribution is 7.71. The van der Waals surface area contributed by atoms with Crippen molar-refractivity contribution in [2.24, 2.45) is 5.73 Å². The normalized spacial score (nSPS) is 15.9. The van der Waals surface area contributed by atoms with Gasteiger partial charge in [0.2, 0.25) is 11.8 Å². The highest BCUT2D eigenvalue weighted by Gasteiger charge is 2.34. The van der Waals surface area contributed by atoms with Gasteiger partial charge in [-0.15, -0.1) is 0 Å². The van der Waals surface area contributed by atoms with Gasteiger partial charge >= 0.3 is 0 Å². The van der Waals surface area contributed by atoms with Crippen molar-refractivity contribution < 1.29 is 9.66 Å². The Hall–Kier alpha value is -3.16. The maximum atomic E-state index is 12.4. The van der Waals surface area contributed by atoms with Gasteiger partial charge in [0.15, 0.2) is 4.77 Å². The van der Waals surface area contributed by atoms with Crippen LogP contribution in [0.4, 0.5) is 5.69 Å². The van der Waals surface area contributed by atoms with Crippen LogP contribution in [0.25, 0.3) is 0 Å². The summed E-state index contributed by atoms with van der Waals surface area (Å²) in [7, 11) is 0. The van der Waals surface area contributed by atoms with Gasteiger partial charge in [0.05, 0.1) is 16.4 Å². The number of allylic oxidation sites excluding steroid dienone is 1. The Morgan fingerprint density at radius 1 is 1.44 bits per heavy atom. The lowest BCUT2D eigenvalue weighted by Crippen LogP contribution is -2.28. The van der Waals surface area contributed by atoms with E-state index in [2.05, 4.69) is 9.97 Å². The summed E-state index contributed by atoms with van der Waals surface area (Å²) in [6.07, 6.45) is 0. The Bertz CT molecular complexity index is 1100. The number of benzene rings is 1. The highest BCUT2D eigenvalue weighted by atomic mass is 35.5. The van der Waals surface area contributed by atoms with Crippen LogP contribution in [0, 0.1) is 26.2 Å². The first-order valence-electron chi connectivity index (χ1n) is 6.71. The molecule has 2 aromatic rings. The molecule has 0 saturated heterocycles. The van der Waals surface area contributed by atoms with Crippen LogP contribution in [0.5, 0.6) is 5.88 Å². The second-order valence-corrected chi connectivity index (χ2v) is 5.86. The molecule has 9 nitrogen and oxygen atoms in total. The molecule has 3 rings (SSSR count). The molecule has 2 heterocycles. The molecule has 4 N–H and O–H groups in total. The number of nitrogens with one attached hydrogen (secondary N) is 2. The Kier molecular flexibility index (Phi) is 4.03. The van der Waals surface area contributed by atoms with E-state index in [1.807, 2.05) is 6.07 Å². The van der Waals surface area contributed by atoms with Crippen LogP contribution in [0.15, 0.2) is 34.4 Å². The van der Waals surface area contributed by atoms with Crippen molar-refractivity contribution in [3.8, 4) is 11.9 Å². The lowest BCUT2D eigenvalue weighted by Gasteiger charge is -2.24. The number of aromatic amines is 2. The molecule has 25 heavy (non-hydrogen) atoms. The van der Waals surface area contributed by atoms with Crippen LogP contribution in [0.2, 0.25) is 5.02 Å². The zero-order valence-corrected chi connectivity index (χ0v) is 13.8. The lowest BCUT2D eigenvalue weighted by atomic mass is 9.85. The monoisotopic (exact) mass is 377 g/mol. The number of nitrogens with two attached hydrogens (primary N) is 1. The van der Waals surface area contributed by atoms with Gasteiger partial charge < -0.3 is 15.5 Å². The number of fused-ring (bicyclic) bond motifs is 1. The molecule has 126 valence electrons. The fourth-order valence-corrected chi connectivity index (χ4v) is 2.94. The highest BCUT2D eigenvalue weighted by Crippen LogP contribution is 2.40. The van der Waals surface area contributed by atoms with Gasteiger partial charge in [-0.1, -0.05) is 17.7 Å². The number of hydrogen-bond acceptors (Lipinski definition) is 7. The summed E-state index contributed by atoms with van der Waals surface area (Å²) in [5, 5.41) is 20.5. The number of nitro groups is 1. The summed E-state index contributed by atoms with van der Waals surface area (Å²) in [6, 6.07) is 5.86. The molecule has 0 fully saturated rings. The van der Waals surface area contributed by atoms with Crippen LogP contribution in [0.3, 0.4) is 0 Å². The van der Waals surface area contributed by atoms with Crippen molar-refractivity contribution >= 4 is 29.5 Å². The van der Waals surface area contributed by atoms with Gasteiger partial charge in [0.25, 0.3) is 11.2 Å². The number of rotatable bonds is 2. The molecule has 1 aromatic heterocycles. The number of hydrogen-bond donors (Lipinski definition) is 3. The zero-order chi connectivity index (χ0) is 18.3. The number of nitro benzene ring substituents is 1. The first-order chi connectivity index (χ1) is 11.8. The quantitative estimate of drug-likeness (QED) is 0.412. The predicted octanol–water partition coefficient (Wildman–Crippen LogP) is 2.21. The summed E-state index contributed by atoms with van der Waals surface area (Å²) < 4.78 is 5.29. The van der Waals surface area contributed by atoms with E-state index in [4.69, 9.17) is 34.3 Å². The molecule has 1 aliphatic heterocycles. The zero-order valence-electron chi connectivity index (χ0n) is 12.2. The Morgan fingerprint density at radius 3 is 2.80 bits per heavy atom. The average molecular weight is 378 g/mol. The number of nitriles is 1. The fourth-order valence-electron chi connectivity index (χ4n) is 2.57. The van der Waals surface area contributed by atoms with Crippen LogP contribution in [-0.2, 0) is 0 Å². The number of nitrogens with zero attached hydrogens (tertiary/aromatic N) is 2. The summed E-state index contributed by atoms with van der Waals surface area (Å²) in [5.74, 6) is -1.22. The summed E-state index contributed by atoms with van der Waals surface area (Å²) in [5.41, 5.74) is 5.09. The molecule has 0 radical (unpaired) electrons. The molecule has 0 spiro atoms. The summed E-state index contributed by atoms with van der Waals surface area (Å²) >= 11 is 10.7. The smallest absolute Gasteiger partial charge is 0.288 e. The molecule has 0 amide bonds. The molecule has 0 saturated carbocycles. The second kappa shape index (κ2) is 6.04. The summed E-state index contributed by atoms with van der Waals surface area (Å²) in [6.45, 7) is 0. The van der Waals surface area contributed by atoms with Gasteiger partial charge in [-0.3, -0.25) is 19.9 Å². The topological polar surface area (TPSA) is 151 Å². The van der Waals surface area contributed by atoms with E-state index < -0.39 is 16.4 Å². The number of halogens is 1. The van der Waals surface area contributed by atoms with Crippen molar-refractivity contribution in [2.45, 2.75) is 5.92 Å². The molecular weight excluding hydrogens is 370 g/mol. The van der Waals surface area contributed by atoms with Gasteiger partial charge in [-0.2, -0.15) is 5.26 Å². The van der Waals surface area contributed by atoms with Gasteiger partial charge in [0.1, 0.15) is 16.7 Å². The largest absolute Gasteiger partial charge is 0.424 e. The Balaban J connectivity index is 2.34. The van der Waals surface area contributed by atoms with Crippen LogP contribution >= 0.6 is 23.8 Å². The van der Waals surface area contributed by atoms with Crippen molar-refractivity contribution in [3.05, 3.63) is 71.0 Å². The second-order valence-electron chi connectivity index (χ2n) is 5.04. The Labute approximate surface area is 149 Å². The van der Waals surface area contributed by atoms with E-state index in [-0.39, 0.29) is 43.9 Å². The molecular formula is C14H8ClN5O4S. The van der Waals surface area contributed by atoms with Crippen LogP contribution < -0.4 is 16.0 Å². The van der Waals surface area contributed by atoms with Crippen LogP contribution in [0.1, 0.15) is 17.0 Å². The molecule has 0 bridgehead atoms. The van der Waals surface area contributed by atoms with Gasteiger partial charge in [-0.05, 0) is 23.8 Å². The van der Waals surface area contributed by atoms with Gasteiger partial charge in [-0.25, -0.2) is 0 Å². The fraction of sp³-hybridized carbons (Fsp3) is 0.0714. The van der Waals surface area contributed by atoms with E-state index in [1.165, 1.54) is 18.2 Å². The molecule has 1 aliphatic rings. The van der Waals surface area contributed by atoms with Crippen molar-refractivity contribution in [2.75, 3.05) is 0 Å².